The lowest BCUT2D eigenvalue weighted by molar-refractivity contribution is 0.0706. The number of benzene rings is 3. The first kappa shape index (κ1) is 19.1. The van der Waals surface area contributed by atoms with Crippen LogP contribution in [0.2, 0.25) is 0 Å². The van der Waals surface area contributed by atoms with Crippen molar-refractivity contribution in [2.24, 2.45) is 0 Å². The zero-order chi connectivity index (χ0) is 19.9. The normalized spacial score (nSPS) is 10.2. The largest absolute Gasteiger partial charge is 0.497 e. The van der Waals surface area contributed by atoms with Crippen LogP contribution < -0.4 is 15.5 Å². The Bertz CT molecular complexity index is 984. The number of ether oxygens (including phenoxy) is 1. The summed E-state index contributed by atoms with van der Waals surface area (Å²) in [5.41, 5.74) is 5.14. The molecule has 6 heteroatoms. The highest BCUT2D eigenvalue weighted by Gasteiger charge is 2.09. The van der Waals surface area contributed by atoms with Crippen molar-refractivity contribution in [3.05, 3.63) is 89.5 Å². The first-order valence-electron chi connectivity index (χ1n) is 8.67. The molecule has 6 nitrogen and oxygen atoms in total. The zero-order valence-electron chi connectivity index (χ0n) is 15.3. The molecule has 0 radical (unpaired) electrons. The first-order chi connectivity index (χ1) is 13.6. The third kappa shape index (κ3) is 4.55. The second-order valence-corrected chi connectivity index (χ2v) is 6.13. The molecule has 3 N–H and O–H groups in total. The summed E-state index contributed by atoms with van der Waals surface area (Å²) in [5.74, 6) is -0.00904. The van der Waals surface area contributed by atoms with Gasteiger partial charge >= 0.3 is 0 Å². The molecule has 0 unspecified atom stereocenters. The van der Waals surface area contributed by atoms with Crippen LogP contribution in [0.1, 0.15) is 26.3 Å². The van der Waals surface area contributed by atoms with E-state index in [1.54, 1.807) is 49.0 Å². The highest BCUT2D eigenvalue weighted by Crippen LogP contribution is 2.21. The van der Waals surface area contributed by atoms with E-state index < -0.39 is 5.91 Å². The molecule has 142 valence electrons. The predicted molar refractivity (Wildman–Crippen MR) is 105 cm³/mol. The molecule has 0 fully saturated rings. The van der Waals surface area contributed by atoms with Gasteiger partial charge in [-0.15, -0.1) is 0 Å². The molecule has 0 aromatic heterocycles. The van der Waals surface area contributed by atoms with E-state index in [1.807, 2.05) is 36.4 Å². The molecule has 0 aliphatic carbocycles. The van der Waals surface area contributed by atoms with E-state index in [-0.39, 0.29) is 5.91 Å². The van der Waals surface area contributed by atoms with Crippen molar-refractivity contribution < 1.29 is 19.5 Å². The van der Waals surface area contributed by atoms with Crippen molar-refractivity contribution in [3.8, 4) is 16.9 Å². The second-order valence-electron chi connectivity index (χ2n) is 6.13. The van der Waals surface area contributed by atoms with E-state index in [0.717, 1.165) is 22.4 Å². The van der Waals surface area contributed by atoms with Gasteiger partial charge in [-0.1, -0.05) is 36.4 Å². The van der Waals surface area contributed by atoms with Crippen molar-refractivity contribution in [3.63, 3.8) is 0 Å². The fraction of sp³-hybridized carbons (Fsp3) is 0.0909. The monoisotopic (exact) mass is 376 g/mol. The molecule has 0 spiro atoms. The van der Waals surface area contributed by atoms with Gasteiger partial charge in [-0.3, -0.25) is 14.8 Å². The molecule has 0 aliphatic heterocycles. The summed E-state index contributed by atoms with van der Waals surface area (Å²) in [6, 6.07) is 21.5. The minimum Gasteiger partial charge on any atom is -0.497 e. The van der Waals surface area contributed by atoms with Crippen LogP contribution in [0.25, 0.3) is 11.1 Å². The van der Waals surface area contributed by atoms with Crippen molar-refractivity contribution in [1.29, 1.82) is 0 Å². The number of carbonyl (C=O) groups excluding carboxylic acids is 2. The Kier molecular flexibility index (Phi) is 6.04. The molecule has 28 heavy (non-hydrogen) atoms. The Morgan fingerprint density at radius 3 is 2.32 bits per heavy atom. The topological polar surface area (TPSA) is 87.7 Å². The minimum atomic E-state index is -0.572. The van der Waals surface area contributed by atoms with Crippen LogP contribution >= 0.6 is 0 Å². The van der Waals surface area contributed by atoms with Crippen molar-refractivity contribution >= 4 is 11.8 Å². The number of carbonyl (C=O) groups is 2. The Hall–Kier alpha value is -3.64. The Morgan fingerprint density at radius 2 is 1.61 bits per heavy atom. The number of hydrogen-bond donors (Lipinski definition) is 3. The first-order valence-corrected chi connectivity index (χ1v) is 8.67. The predicted octanol–water partition coefficient (Wildman–Crippen LogP) is 3.41. The quantitative estimate of drug-likeness (QED) is 0.454. The molecule has 2 amide bonds. The Morgan fingerprint density at radius 1 is 0.857 bits per heavy atom. The van der Waals surface area contributed by atoms with E-state index in [9.17, 15) is 9.59 Å². The van der Waals surface area contributed by atoms with E-state index in [0.29, 0.717) is 17.7 Å². The maximum absolute atomic E-state index is 12.5. The molecule has 3 rings (SSSR count). The molecular weight excluding hydrogens is 356 g/mol. The van der Waals surface area contributed by atoms with Gasteiger partial charge in [-0.25, -0.2) is 5.48 Å². The van der Waals surface area contributed by atoms with Gasteiger partial charge in [0, 0.05) is 17.7 Å². The summed E-state index contributed by atoms with van der Waals surface area (Å²) >= 11 is 0. The third-order valence-corrected chi connectivity index (χ3v) is 4.29. The van der Waals surface area contributed by atoms with E-state index >= 15 is 0 Å². The Labute approximate surface area is 162 Å². The lowest BCUT2D eigenvalue weighted by Gasteiger charge is -2.09. The van der Waals surface area contributed by atoms with Crippen LogP contribution in [-0.2, 0) is 6.54 Å². The number of amides is 2. The molecule has 3 aromatic rings. The van der Waals surface area contributed by atoms with Crippen LogP contribution in [0.4, 0.5) is 0 Å². The summed E-state index contributed by atoms with van der Waals surface area (Å²) in [7, 11) is 1.60. The van der Waals surface area contributed by atoms with Crippen LogP contribution in [0.5, 0.6) is 5.75 Å². The van der Waals surface area contributed by atoms with Gasteiger partial charge in [0.2, 0.25) is 0 Å². The maximum Gasteiger partial charge on any atom is 0.274 e. The highest BCUT2D eigenvalue weighted by molar-refractivity contribution is 5.96. The van der Waals surface area contributed by atoms with E-state index in [2.05, 4.69) is 5.32 Å². The van der Waals surface area contributed by atoms with E-state index in [4.69, 9.17) is 9.94 Å². The standard InChI is InChI=1S/C22H20N2O4/c1-28-20-7-2-4-15(12-20)14-23-21(25)19-6-3-5-18(13-19)16-8-10-17(11-9-16)22(26)24-27/h2-13,27H,14H2,1H3,(H,23,25)(H,24,26). The number of methoxy groups -OCH3 is 1. The SMILES string of the molecule is COc1cccc(CNC(=O)c2cccc(-c3ccc(C(=O)NO)cc3)c2)c1. The van der Waals surface area contributed by atoms with Gasteiger partial charge in [0.05, 0.1) is 7.11 Å². The lowest BCUT2D eigenvalue weighted by Crippen LogP contribution is -2.22. The van der Waals surface area contributed by atoms with Crippen LogP contribution in [0, 0.1) is 0 Å². The van der Waals surface area contributed by atoms with Gasteiger partial charge in [-0.2, -0.15) is 0 Å². The average molecular weight is 376 g/mol. The van der Waals surface area contributed by atoms with Gasteiger partial charge < -0.3 is 10.1 Å². The fourth-order valence-corrected chi connectivity index (χ4v) is 2.79. The van der Waals surface area contributed by atoms with Crippen molar-refractivity contribution in [2.75, 3.05) is 7.11 Å². The van der Waals surface area contributed by atoms with Crippen LogP contribution in [0.15, 0.2) is 72.8 Å². The van der Waals surface area contributed by atoms with Gasteiger partial charge in [0.1, 0.15) is 5.75 Å². The third-order valence-electron chi connectivity index (χ3n) is 4.29. The zero-order valence-corrected chi connectivity index (χ0v) is 15.3. The number of hydrogen-bond acceptors (Lipinski definition) is 4. The number of hydroxylamine groups is 1. The molecule has 0 atom stereocenters. The molecule has 0 saturated heterocycles. The van der Waals surface area contributed by atoms with Crippen LogP contribution in [0.3, 0.4) is 0 Å². The van der Waals surface area contributed by atoms with Gasteiger partial charge in [0.25, 0.3) is 11.8 Å². The Balaban J connectivity index is 1.71. The average Bonchev–Trinajstić information content (AvgIpc) is 2.77. The van der Waals surface area contributed by atoms with Crippen LogP contribution in [-0.4, -0.2) is 24.1 Å². The molecule has 0 aliphatic rings. The maximum atomic E-state index is 12.5. The van der Waals surface area contributed by atoms with Crippen molar-refractivity contribution in [2.45, 2.75) is 6.54 Å². The number of rotatable bonds is 6. The lowest BCUT2D eigenvalue weighted by atomic mass is 10.0. The summed E-state index contributed by atoms with van der Waals surface area (Å²) in [6.07, 6.45) is 0. The molecule has 0 bridgehead atoms. The molecule has 0 heterocycles. The highest BCUT2D eigenvalue weighted by atomic mass is 16.5. The minimum absolute atomic E-state index is 0.180. The van der Waals surface area contributed by atoms with E-state index in [1.165, 1.54) is 0 Å². The molecule has 3 aromatic carbocycles. The molecular formula is C22H20N2O4. The second kappa shape index (κ2) is 8.83. The summed E-state index contributed by atoms with van der Waals surface area (Å²) in [6.45, 7) is 0.394. The van der Waals surface area contributed by atoms with Gasteiger partial charge in [-0.05, 0) is 53.1 Å². The molecule has 0 saturated carbocycles. The summed E-state index contributed by atoms with van der Waals surface area (Å²) in [4.78, 5) is 23.9. The fourth-order valence-electron chi connectivity index (χ4n) is 2.79. The summed E-state index contributed by atoms with van der Waals surface area (Å²) < 4.78 is 5.19. The number of nitrogens with one attached hydrogen (secondary N) is 2. The van der Waals surface area contributed by atoms with Crippen molar-refractivity contribution in [1.82, 2.24) is 10.8 Å². The summed E-state index contributed by atoms with van der Waals surface area (Å²) in [5, 5.41) is 11.6. The van der Waals surface area contributed by atoms with Gasteiger partial charge in [0.15, 0.2) is 0 Å². The smallest absolute Gasteiger partial charge is 0.274 e.